The topological polar surface area (TPSA) is 56.7 Å². The Morgan fingerprint density at radius 2 is 2.00 bits per heavy atom. The normalized spacial score (nSPS) is 10.9. The molecular formula is C14H13FN4S. The number of halogens is 1. The van der Waals surface area contributed by atoms with Crippen molar-refractivity contribution in [1.29, 1.82) is 0 Å². The van der Waals surface area contributed by atoms with Crippen LogP contribution >= 0.6 is 11.3 Å². The first kappa shape index (κ1) is 13.0. The number of nitrogens with two attached hydrogens (primary N) is 1. The zero-order chi connectivity index (χ0) is 13.9. The molecule has 2 aromatic heterocycles. The molecule has 102 valence electrons. The molecule has 0 aliphatic heterocycles. The van der Waals surface area contributed by atoms with Crippen LogP contribution in [-0.4, -0.2) is 15.0 Å². The number of hydrogen-bond acceptors (Lipinski definition) is 4. The molecule has 3 rings (SSSR count). The lowest BCUT2D eigenvalue weighted by molar-refractivity contribution is 0.622. The van der Waals surface area contributed by atoms with E-state index >= 15 is 0 Å². The Labute approximate surface area is 119 Å². The molecule has 0 unspecified atom stereocenters. The van der Waals surface area contributed by atoms with Crippen LogP contribution in [0.2, 0.25) is 0 Å². The maximum absolute atomic E-state index is 12.9. The van der Waals surface area contributed by atoms with Crippen LogP contribution in [0.3, 0.4) is 0 Å². The molecule has 0 radical (unpaired) electrons. The summed E-state index contributed by atoms with van der Waals surface area (Å²) < 4.78 is 14.7. The summed E-state index contributed by atoms with van der Waals surface area (Å²) in [6.45, 7) is 0.886. The maximum atomic E-state index is 12.9. The van der Waals surface area contributed by atoms with Crippen molar-refractivity contribution in [3.63, 3.8) is 0 Å². The Bertz CT molecular complexity index is 689. The van der Waals surface area contributed by atoms with Crippen LogP contribution in [0.1, 0.15) is 11.3 Å². The molecule has 0 bridgehead atoms. The molecule has 0 atom stereocenters. The van der Waals surface area contributed by atoms with Crippen LogP contribution in [-0.2, 0) is 13.1 Å². The summed E-state index contributed by atoms with van der Waals surface area (Å²) in [4.78, 5) is 1.08. The predicted molar refractivity (Wildman–Crippen MR) is 76.7 cm³/mol. The van der Waals surface area contributed by atoms with E-state index in [-0.39, 0.29) is 5.82 Å². The zero-order valence-corrected chi connectivity index (χ0v) is 11.5. The van der Waals surface area contributed by atoms with Gasteiger partial charge in [-0.05, 0) is 29.1 Å². The second-order valence-electron chi connectivity index (χ2n) is 4.35. The van der Waals surface area contributed by atoms with Crippen molar-refractivity contribution in [3.8, 4) is 10.6 Å². The van der Waals surface area contributed by atoms with Gasteiger partial charge >= 0.3 is 0 Å². The van der Waals surface area contributed by atoms with Gasteiger partial charge in [-0.15, -0.1) is 16.4 Å². The van der Waals surface area contributed by atoms with E-state index < -0.39 is 0 Å². The highest BCUT2D eigenvalue weighted by atomic mass is 32.1. The van der Waals surface area contributed by atoms with Crippen molar-refractivity contribution in [2.24, 2.45) is 5.73 Å². The second-order valence-corrected chi connectivity index (χ2v) is 5.30. The van der Waals surface area contributed by atoms with Crippen LogP contribution < -0.4 is 5.73 Å². The Hall–Kier alpha value is -2.05. The summed E-state index contributed by atoms with van der Waals surface area (Å²) in [5, 5.41) is 10.3. The van der Waals surface area contributed by atoms with Crippen LogP contribution in [0.5, 0.6) is 0 Å². The number of benzene rings is 1. The lowest BCUT2D eigenvalue weighted by Gasteiger charge is -2.06. The summed E-state index contributed by atoms with van der Waals surface area (Å²) in [5.41, 5.74) is 8.40. The van der Waals surface area contributed by atoms with E-state index in [1.165, 1.54) is 12.1 Å². The van der Waals surface area contributed by atoms with Gasteiger partial charge < -0.3 is 5.73 Å². The van der Waals surface area contributed by atoms with E-state index in [2.05, 4.69) is 10.3 Å². The van der Waals surface area contributed by atoms with Gasteiger partial charge in [-0.25, -0.2) is 9.07 Å². The van der Waals surface area contributed by atoms with E-state index in [4.69, 9.17) is 5.73 Å². The fraction of sp³-hybridized carbons (Fsp3) is 0.143. The fourth-order valence-corrected chi connectivity index (χ4v) is 2.84. The van der Waals surface area contributed by atoms with Gasteiger partial charge in [0, 0.05) is 6.54 Å². The van der Waals surface area contributed by atoms with Crippen LogP contribution in [0.4, 0.5) is 4.39 Å². The van der Waals surface area contributed by atoms with Crippen molar-refractivity contribution in [1.82, 2.24) is 15.0 Å². The number of aromatic nitrogens is 3. The maximum Gasteiger partial charge on any atom is 0.123 e. The Balaban J connectivity index is 1.98. The molecule has 0 fully saturated rings. The van der Waals surface area contributed by atoms with Gasteiger partial charge in [-0.3, -0.25) is 0 Å². The van der Waals surface area contributed by atoms with Crippen molar-refractivity contribution < 1.29 is 4.39 Å². The standard InChI is InChI=1S/C14H13FN4S/c15-11-5-3-10(4-6-11)9-19-14(12(8-16)17-18-19)13-2-1-7-20-13/h1-7H,8-9,16H2. The minimum Gasteiger partial charge on any atom is -0.325 e. The molecule has 2 heterocycles. The van der Waals surface area contributed by atoms with E-state index in [1.54, 1.807) is 28.2 Å². The number of thiophene rings is 1. The lowest BCUT2D eigenvalue weighted by Crippen LogP contribution is -2.05. The molecule has 0 amide bonds. The van der Waals surface area contributed by atoms with Crippen LogP contribution in [0, 0.1) is 5.82 Å². The molecule has 20 heavy (non-hydrogen) atoms. The SMILES string of the molecule is NCc1nnn(Cc2ccc(F)cc2)c1-c1cccs1. The molecule has 6 heteroatoms. The first-order valence-corrected chi connectivity index (χ1v) is 7.06. The lowest BCUT2D eigenvalue weighted by atomic mass is 10.2. The highest BCUT2D eigenvalue weighted by Gasteiger charge is 2.14. The largest absolute Gasteiger partial charge is 0.325 e. The highest BCUT2D eigenvalue weighted by Crippen LogP contribution is 2.27. The van der Waals surface area contributed by atoms with Crippen molar-refractivity contribution in [2.75, 3.05) is 0 Å². The Morgan fingerprint density at radius 3 is 2.65 bits per heavy atom. The predicted octanol–water partition coefficient (Wildman–Crippen LogP) is 2.65. The second kappa shape index (κ2) is 5.52. The van der Waals surface area contributed by atoms with Gasteiger partial charge in [-0.1, -0.05) is 23.4 Å². The fourth-order valence-electron chi connectivity index (χ4n) is 2.04. The first-order valence-electron chi connectivity index (χ1n) is 6.18. The van der Waals surface area contributed by atoms with Gasteiger partial charge in [0.05, 0.1) is 11.4 Å². The summed E-state index contributed by atoms with van der Waals surface area (Å²) >= 11 is 1.62. The number of nitrogens with zero attached hydrogens (tertiary/aromatic N) is 3. The summed E-state index contributed by atoms with van der Waals surface area (Å²) in [6, 6.07) is 10.4. The zero-order valence-electron chi connectivity index (χ0n) is 10.7. The van der Waals surface area contributed by atoms with Gasteiger partial charge in [0.25, 0.3) is 0 Å². The quantitative estimate of drug-likeness (QED) is 0.803. The molecule has 4 nitrogen and oxygen atoms in total. The average Bonchev–Trinajstić information content (AvgIpc) is 3.10. The molecule has 0 saturated heterocycles. The minimum absolute atomic E-state index is 0.242. The summed E-state index contributed by atoms with van der Waals surface area (Å²) in [5.74, 6) is -0.242. The van der Waals surface area contributed by atoms with Crippen molar-refractivity contribution in [2.45, 2.75) is 13.1 Å². The van der Waals surface area contributed by atoms with Crippen molar-refractivity contribution >= 4 is 11.3 Å². The van der Waals surface area contributed by atoms with Gasteiger partial charge in [0.2, 0.25) is 0 Å². The molecule has 0 spiro atoms. The monoisotopic (exact) mass is 288 g/mol. The molecule has 0 aliphatic rings. The smallest absolute Gasteiger partial charge is 0.123 e. The van der Waals surface area contributed by atoms with Gasteiger partial charge in [0.1, 0.15) is 17.2 Å². The molecule has 1 aromatic carbocycles. The third-order valence-corrected chi connectivity index (χ3v) is 3.87. The van der Waals surface area contributed by atoms with E-state index in [1.807, 2.05) is 17.5 Å². The van der Waals surface area contributed by atoms with Gasteiger partial charge in [0.15, 0.2) is 0 Å². The summed E-state index contributed by atoms with van der Waals surface area (Å²) in [7, 11) is 0. The van der Waals surface area contributed by atoms with E-state index in [9.17, 15) is 4.39 Å². The molecule has 2 N–H and O–H groups in total. The first-order chi connectivity index (χ1) is 9.78. The van der Waals surface area contributed by atoms with Gasteiger partial charge in [-0.2, -0.15) is 0 Å². The molecule has 0 saturated carbocycles. The Morgan fingerprint density at radius 1 is 1.20 bits per heavy atom. The summed E-state index contributed by atoms with van der Waals surface area (Å²) in [6.07, 6.45) is 0. The highest BCUT2D eigenvalue weighted by molar-refractivity contribution is 7.13. The van der Waals surface area contributed by atoms with E-state index in [0.29, 0.717) is 13.1 Å². The number of rotatable bonds is 4. The van der Waals surface area contributed by atoms with Crippen molar-refractivity contribution in [3.05, 3.63) is 58.9 Å². The van der Waals surface area contributed by atoms with E-state index in [0.717, 1.165) is 21.8 Å². The third-order valence-electron chi connectivity index (χ3n) is 3.00. The molecule has 0 aliphatic carbocycles. The number of hydrogen-bond donors (Lipinski definition) is 1. The average molecular weight is 288 g/mol. The Kier molecular flexibility index (Phi) is 3.58. The molecular weight excluding hydrogens is 275 g/mol. The van der Waals surface area contributed by atoms with Crippen LogP contribution in [0.15, 0.2) is 41.8 Å². The molecule has 3 aromatic rings. The van der Waals surface area contributed by atoms with Crippen LogP contribution in [0.25, 0.3) is 10.6 Å². The third kappa shape index (κ3) is 2.48. The minimum atomic E-state index is -0.242.